The molecule has 8 nitrogen and oxygen atoms in total. The third kappa shape index (κ3) is 7.24. The molecule has 1 aromatic heterocycles. The highest BCUT2D eigenvalue weighted by Gasteiger charge is 2.14. The van der Waals surface area contributed by atoms with Crippen LogP contribution in [0.15, 0.2) is 64.8 Å². The molecule has 3 rings (SSSR count). The largest absolute Gasteiger partial charge is 0.490 e. The van der Waals surface area contributed by atoms with Crippen molar-refractivity contribution < 1.29 is 28.2 Å². The highest BCUT2D eigenvalue weighted by molar-refractivity contribution is 6.01. The van der Waals surface area contributed by atoms with Crippen molar-refractivity contribution in [2.75, 3.05) is 13.2 Å². The number of furan rings is 1. The number of nitriles is 1. The van der Waals surface area contributed by atoms with Crippen molar-refractivity contribution in [3.8, 4) is 23.3 Å². The van der Waals surface area contributed by atoms with Crippen molar-refractivity contribution in [3.05, 3.63) is 82.8 Å². The molecule has 0 saturated heterocycles. The number of ether oxygens (including phenoxy) is 3. The lowest BCUT2D eigenvalue weighted by Crippen LogP contribution is -2.23. The molecule has 0 radical (unpaired) electrons. The summed E-state index contributed by atoms with van der Waals surface area (Å²) in [5, 5.41) is 12.1. The Morgan fingerprint density at radius 2 is 1.89 bits per heavy atom. The van der Waals surface area contributed by atoms with Crippen LogP contribution in [-0.2, 0) is 16.1 Å². The molecule has 1 N–H and O–H groups in total. The summed E-state index contributed by atoms with van der Waals surface area (Å²) in [5.74, 6) is 0.516. The maximum atomic E-state index is 12.4. The Balaban J connectivity index is 1.67. The third-order valence-corrected chi connectivity index (χ3v) is 5.01. The topological polar surface area (TPSA) is 111 Å². The minimum absolute atomic E-state index is 0.0921. The minimum atomic E-state index is -0.595. The van der Waals surface area contributed by atoms with Crippen LogP contribution < -0.4 is 19.5 Å². The average Bonchev–Trinajstić information content (AvgIpc) is 3.37. The van der Waals surface area contributed by atoms with Gasteiger partial charge in [0, 0.05) is 0 Å². The Labute approximate surface area is 203 Å². The Hall–Kier alpha value is -4.51. The van der Waals surface area contributed by atoms with Crippen LogP contribution in [0.1, 0.15) is 29.4 Å². The Kier molecular flexibility index (Phi) is 8.68. The number of nitrogens with one attached hydrogen (secondary N) is 1. The average molecular weight is 475 g/mol. The first-order valence-electron chi connectivity index (χ1n) is 11.0. The van der Waals surface area contributed by atoms with Crippen LogP contribution in [0.3, 0.4) is 0 Å². The predicted octanol–water partition coefficient (Wildman–Crippen LogP) is 4.50. The predicted molar refractivity (Wildman–Crippen MR) is 129 cm³/mol. The van der Waals surface area contributed by atoms with Crippen LogP contribution in [0.5, 0.6) is 17.2 Å². The van der Waals surface area contributed by atoms with Gasteiger partial charge in [-0.3, -0.25) is 4.79 Å². The van der Waals surface area contributed by atoms with E-state index in [9.17, 15) is 14.9 Å². The molecule has 0 fully saturated rings. The number of hydrogen-bond acceptors (Lipinski definition) is 7. The van der Waals surface area contributed by atoms with Crippen LogP contribution in [0.2, 0.25) is 0 Å². The molecule has 180 valence electrons. The number of aryl methyl sites for hydroxylation is 2. The maximum absolute atomic E-state index is 12.4. The van der Waals surface area contributed by atoms with Crippen LogP contribution >= 0.6 is 0 Å². The molecule has 0 saturated carbocycles. The zero-order valence-corrected chi connectivity index (χ0v) is 19.8. The van der Waals surface area contributed by atoms with E-state index in [1.807, 2.05) is 32.0 Å². The molecular formula is C27H26N2O6. The Bertz CT molecular complexity index is 1260. The van der Waals surface area contributed by atoms with E-state index in [2.05, 4.69) is 5.32 Å². The Morgan fingerprint density at radius 3 is 2.57 bits per heavy atom. The molecule has 1 amide bonds. The Morgan fingerprint density at radius 1 is 1.06 bits per heavy atom. The lowest BCUT2D eigenvalue weighted by atomic mass is 10.1. The second-order valence-corrected chi connectivity index (χ2v) is 7.58. The van der Waals surface area contributed by atoms with E-state index in [-0.39, 0.29) is 24.5 Å². The van der Waals surface area contributed by atoms with E-state index >= 15 is 0 Å². The second kappa shape index (κ2) is 12.1. The summed E-state index contributed by atoms with van der Waals surface area (Å²) >= 11 is 0. The van der Waals surface area contributed by atoms with Gasteiger partial charge in [-0.05, 0) is 79.9 Å². The van der Waals surface area contributed by atoms with Crippen molar-refractivity contribution in [2.24, 2.45) is 0 Å². The highest BCUT2D eigenvalue weighted by atomic mass is 16.6. The minimum Gasteiger partial charge on any atom is -0.490 e. The first-order chi connectivity index (χ1) is 16.9. The molecule has 0 aliphatic rings. The van der Waals surface area contributed by atoms with E-state index in [0.717, 1.165) is 11.1 Å². The summed E-state index contributed by atoms with van der Waals surface area (Å²) in [7, 11) is 0. The second-order valence-electron chi connectivity index (χ2n) is 7.58. The number of nitrogens with zero attached hydrogens (tertiary/aromatic N) is 1. The van der Waals surface area contributed by atoms with Gasteiger partial charge in [0.15, 0.2) is 18.1 Å². The first-order valence-corrected chi connectivity index (χ1v) is 11.0. The van der Waals surface area contributed by atoms with E-state index in [1.165, 1.54) is 12.3 Å². The summed E-state index contributed by atoms with van der Waals surface area (Å²) in [6, 6.07) is 15.6. The third-order valence-electron chi connectivity index (χ3n) is 5.01. The summed E-state index contributed by atoms with van der Waals surface area (Å²) < 4.78 is 21.7. The smallest absolute Gasteiger partial charge is 0.349 e. The molecule has 35 heavy (non-hydrogen) atoms. The van der Waals surface area contributed by atoms with Crippen LogP contribution in [0.4, 0.5) is 0 Å². The van der Waals surface area contributed by atoms with E-state index in [1.54, 1.807) is 43.3 Å². The summed E-state index contributed by atoms with van der Waals surface area (Å²) in [6.45, 7) is 5.96. The number of benzene rings is 2. The zero-order valence-electron chi connectivity index (χ0n) is 19.8. The molecule has 0 aliphatic carbocycles. The number of carbonyl (C=O) groups is 2. The molecule has 1 heterocycles. The number of rotatable bonds is 10. The lowest BCUT2D eigenvalue weighted by Gasteiger charge is -2.12. The fourth-order valence-corrected chi connectivity index (χ4v) is 3.06. The monoisotopic (exact) mass is 474 g/mol. The number of carbonyl (C=O) groups excluding carboxylic acids is 2. The summed E-state index contributed by atoms with van der Waals surface area (Å²) in [4.78, 5) is 24.7. The van der Waals surface area contributed by atoms with Gasteiger partial charge >= 0.3 is 5.97 Å². The molecular weight excluding hydrogens is 448 g/mol. The van der Waals surface area contributed by atoms with Gasteiger partial charge in [0.1, 0.15) is 23.2 Å². The van der Waals surface area contributed by atoms with E-state index in [4.69, 9.17) is 18.6 Å². The highest BCUT2D eigenvalue weighted by Crippen LogP contribution is 2.30. The molecule has 0 atom stereocenters. The van der Waals surface area contributed by atoms with E-state index in [0.29, 0.717) is 29.4 Å². The van der Waals surface area contributed by atoms with Crippen molar-refractivity contribution in [3.63, 3.8) is 0 Å². The van der Waals surface area contributed by atoms with Gasteiger partial charge in [0.05, 0.1) is 19.4 Å². The van der Waals surface area contributed by atoms with Gasteiger partial charge in [0.2, 0.25) is 0 Å². The van der Waals surface area contributed by atoms with Crippen molar-refractivity contribution in [1.29, 1.82) is 5.26 Å². The molecule has 0 aliphatic heterocycles. The van der Waals surface area contributed by atoms with Crippen LogP contribution in [0.25, 0.3) is 6.08 Å². The number of esters is 1. The van der Waals surface area contributed by atoms with Crippen molar-refractivity contribution in [1.82, 2.24) is 5.32 Å². The molecule has 2 aromatic carbocycles. The van der Waals surface area contributed by atoms with Gasteiger partial charge in [-0.2, -0.15) is 5.26 Å². The first kappa shape index (κ1) is 25.1. The fourth-order valence-electron chi connectivity index (χ4n) is 3.06. The normalized spacial score (nSPS) is 10.9. The van der Waals surface area contributed by atoms with Crippen LogP contribution in [-0.4, -0.2) is 25.1 Å². The van der Waals surface area contributed by atoms with Gasteiger partial charge < -0.3 is 23.9 Å². The molecule has 8 heteroatoms. The number of hydrogen-bond donors (Lipinski definition) is 1. The van der Waals surface area contributed by atoms with Gasteiger partial charge in [-0.1, -0.05) is 12.1 Å². The van der Waals surface area contributed by atoms with E-state index < -0.39 is 11.9 Å². The standard InChI is InChI=1S/C27H26N2O6/c1-4-32-25-14-20(13-21(15-28)27(31)29-16-23-6-5-11-33-23)8-10-24(25)35-26(30)17-34-22-9-7-18(2)19(3)12-22/h5-14H,4,16-17H2,1-3H3,(H,29,31)/b21-13+. The van der Waals surface area contributed by atoms with Crippen LogP contribution in [0, 0.1) is 25.2 Å². The SMILES string of the molecule is CCOc1cc(/C=C(\C#N)C(=O)NCc2ccco2)ccc1OC(=O)COc1ccc(C)c(C)c1. The molecule has 0 unspecified atom stereocenters. The molecule has 3 aromatic rings. The van der Waals surface area contributed by atoms with Crippen molar-refractivity contribution in [2.45, 2.75) is 27.3 Å². The van der Waals surface area contributed by atoms with Gasteiger partial charge in [0.25, 0.3) is 5.91 Å². The zero-order chi connectivity index (χ0) is 25.2. The summed E-state index contributed by atoms with van der Waals surface area (Å²) in [5.41, 5.74) is 2.63. The van der Waals surface area contributed by atoms with Crippen molar-refractivity contribution >= 4 is 18.0 Å². The fraction of sp³-hybridized carbons (Fsp3) is 0.222. The molecule has 0 bridgehead atoms. The quantitative estimate of drug-likeness (QED) is 0.199. The summed E-state index contributed by atoms with van der Waals surface area (Å²) in [6.07, 6.45) is 2.93. The molecule has 0 spiro atoms. The van der Waals surface area contributed by atoms with Gasteiger partial charge in [-0.25, -0.2) is 4.79 Å². The van der Waals surface area contributed by atoms with Gasteiger partial charge in [-0.15, -0.1) is 0 Å². The maximum Gasteiger partial charge on any atom is 0.349 e. The lowest BCUT2D eigenvalue weighted by molar-refractivity contribution is -0.136. The number of amides is 1.